The first-order chi connectivity index (χ1) is 7.74. The van der Waals surface area contributed by atoms with Crippen molar-refractivity contribution in [2.45, 2.75) is 38.8 Å². The van der Waals surface area contributed by atoms with Crippen LogP contribution >= 0.6 is 0 Å². The third-order valence-corrected chi connectivity index (χ3v) is 3.46. The summed E-state index contributed by atoms with van der Waals surface area (Å²) in [7, 11) is 1.76. The van der Waals surface area contributed by atoms with E-state index in [2.05, 4.69) is 36.9 Å². The van der Waals surface area contributed by atoms with E-state index in [0.717, 1.165) is 5.75 Å². The number of ether oxygens (including phenoxy) is 1. The predicted molar refractivity (Wildman–Crippen MR) is 66.8 cm³/mol. The molecule has 1 aliphatic heterocycles. The van der Waals surface area contributed by atoms with Crippen LogP contribution in [0.3, 0.4) is 0 Å². The number of likely N-dealkylation sites (tertiary alicyclic amines) is 1. The third-order valence-electron chi connectivity index (χ3n) is 3.46. The highest BCUT2D eigenvalue weighted by Gasteiger charge is 2.29. The van der Waals surface area contributed by atoms with E-state index in [1.807, 2.05) is 6.07 Å². The zero-order valence-electron chi connectivity index (χ0n) is 10.4. The first kappa shape index (κ1) is 11.5. The molecule has 1 atom stereocenters. The van der Waals surface area contributed by atoms with Gasteiger partial charge < -0.3 is 4.74 Å². The maximum Gasteiger partial charge on any atom is 0.123 e. The molecule has 16 heavy (non-hydrogen) atoms. The van der Waals surface area contributed by atoms with Gasteiger partial charge in [-0.3, -0.25) is 4.90 Å². The number of para-hydroxylation sites is 1. The van der Waals surface area contributed by atoms with Gasteiger partial charge in [0, 0.05) is 17.6 Å². The van der Waals surface area contributed by atoms with Crippen molar-refractivity contribution in [2.75, 3.05) is 13.7 Å². The lowest BCUT2D eigenvalue weighted by atomic mass is 10.0. The summed E-state index contributed by atoms with van der Waals surface area (Å²) in [4.78, 5) is 2.57. The largest absolute Gasteiger partial charge is 0.496 e. The zero-order valence-corrected chi connectivity index (χ0v) is 10.4. The van der Waals surface area contributed by atoms with Crippen LogP contribution in [-0.2, 0) is 0 Å². The van der Waals surface area contributed by atoms with Gasteiger partial charge in [-0.2, -0.15) is 0 Å². The molecule has 0 amide bonds. The Balaban J connectivity index is 2.28. The minimum Gasteiger partial charge on any atom is -0.496 e. The maximum absolute atomic E-state index is 5.46. The van der Waals surface area contributed by atoms with Crippen molar-refractivity contribution in [3.63, 3.8) is 0 Å². The molecule has 0 spiro atoms. The van der Waals surface area contributed by atoms with Gasteiger partial charge in [-0.1, -0.05) is 18.2 Å². The highest BCUT2D eigenvalue weighted by molar-refractivity contribution is 5.36. The monoisotopic (exact) mass is 219 g/mol. The second-order valence-electron chi connectivity index (χ2n) is 4.73. The number of methoxy groups -OCH3 is 1. The van der Waals surface area contributed by atoms with Crippen LogP contribution in [0.5, 0.6) is 5.75 Å². The van der Waals surface area contributed by atoms with Crippen molar-refractivity contribution < 1.29 is 4.74 Å². The minimum atomic E-state index is 0.538. The lowest BCUT2D eigenvalue weighted by Gasteiger charge is -2.29. The number of hydrogen-bond acceptors (Lipinski definition) is 2. The van der Waals surface area contributed by atoms with Crippen molar-refractivity contribution in [3.8, 4) is 5.75 Å². The van der Waals surface area contributed by atoms with Crippen LogP contribution in [0.1, 0.15) is 38.3 Å². The van der Waals surface area contributed by atoms with Gasteiger partial charge in [0.25, 0.3) is 0 Å². The lowest BCUT2D eigenvalue weighted by molar-refractivity contribution is 0.202. The fraction of sp³-hybridized carbons (Fsp3) is 0.571. The van der Waals surface area contributed by atoms with Crippen LogP contribution in [0.4, 0.5) is 0 Å². The Morgan fingerprint density at radius 1 is 1.31 bits per heavy atom. The summed E-state index contributed by atoms with van der Waals surface area (Å²) in [5.74, 6) is 1.03. The van der Waals surface area contributed by atoms with Gasteiger partial charge in [0.05, 0.1) is 7.11 Å². The fourth-order valence-electron chi connectivity index (χ4n) is 2.68. The summed E-state index contributed by atoms with van der Waals surface area (Å²) in [5, 5.41) is 0. The molecule has 1 saturated heterocycles. The third kappa shape index (κ3) is 2.07. The normalized spacial score (nSPS) is 21.6. The molecular weight excluding hydrogens is 198 g/mol. The van der Waals surface area contributed by atoms with Crippen LogP contribution in [-0.4, -0.2) is 24.6 Å². The molecule has 1 heterocycles. The van der Waals surface area contributed by atoms with E-state index in [1.165, 1.54) is 24.9 Å². The molecule has 1 aliphatic rings. The molecule has 2 rings (SSSR count). The van der Waals surface area contributed by atoms with E-state index in [-0.39, 0.29) is 0 Å². The van der Waals surface area contributed by atoms with Crippen molar-refractivity contribution in [1.82, 2.24) is 4.90 Å². The Kier molecular flexibility index (Phi) is 3.49. The quantitative estimate of drug-likeness (QED) is 0.773. The summed E-state index contributed by atoms with van der Waals surface area (Å²) in [6, 6.07) is 9.55. The summed E-state index contributed by atoms with van der Waals surface area (Å²) >= 11 is 0. The summed E-state index contributed by atoms with van der Waals surface area (Å²) in [6.45, 7) is 5.75. The molecule has 0 aliphatic carbocycles. The average Bonchev–Trinajstić information content (AvgIpc) is 2.77. The predicted octanol–water partition coefficient (Wildman–Crippen LogP) is 3.24. The molecular formula is C14H21NO. The van der Waals surface area contributed by atoms with Crippen molar-refractivity contribution in [1.29, 1.82) is 0 Å². The van der Waals surface area contributed by atoms with Crippen LogP contribution in [0, 0.1) is 0 Å². The highest BCUT2D eigenvalue weighted by atomic mass is 16.5. The second kappa shape index (κ2) is 4.88. The van der Waals surface area contributed by atoms with Crippen LogP contribution in [0.15, 0.2) is 24.3 Å². The van der Waals surface area contributed by atoms with Crippen LogP contribution in [0.2, 0.25) is 0 Å². The minimum absolute atomic E-state index is 0.538. The molecule has 88 valence electrons. The Hall–Kier alpha value is -1.02. The topological polar surface area (TPSA) is 12.5 Å². The van der Waals surface area contributed by atoms with Gasteiger partial charge in [-0.15, -0.1) is 0 Å². The molecule has 1 fully saturated rings. The lowest BCUT2D eigenvalue weighted by Crippen LogP contribution is -2.30. The van der Waals surface area contributed by atoms with Gasteiger partial charge in [-0.25, -0.2) is 0 Å². The van der Waals surface area contributed by atoms with Gasteiger partial charge in [-0.05, 0) is 39.3 Å². The maximum atomic E-state index is 5.46. The molecule has 1 aromatic carbocycles. The van der Waals surface area contributed by atoms with E-state index in [4.69, 9.17) is 4.74 Å². The van der Waals surface area contributed by atoms with E-state index in [9.17, 15) is 0 Å². The molecule has 0 radical (unpaired) electrons. The Bertz CT molecular complexity index is 348. The number of hydrogen-bond donors (Lipinski definition) is 0. The molecule has 1 aromatic rings. The van der Waals surface area contributed by atoms with Crippen molar-refractivity contribution in [2.24, 2.45) is 0 Å². The summed E-state index contributed by atoms with van der Waals surface area (Å²) in [5.41, 5.74) is 1.34. The van der Waals surface area contributed by atoms with Gasteiger partial charge in [0.15, 0.2) is 0 Å². The molecule has 1 unspecified atom stereocenters. The molecule has 2 nitrogen and oxygen atoms in total. The molecule has 0 N–H and O–H groups in total. The van der Waals surface area contributed by atoms with Crippen molar-refractivity contribution >= 4 is 0 Å². The van der Waals surface area contributed by atoms with E-state index in [1.54, 1.807) is 7.11 Å². The standard InChI is InChI=1S/C14H21NO/c1-11(2)15-10-6-8-13(15)12-7-4-5-9-14(12)16-3/h4-5,7,9,11,13H,6,8,10H2,1-3H3. The highest BCUT2D eigenvalue weighted by Crippen LogP contribution is 2.37. The fourth-order valence-corrected chi connectivity index (χ4v) is 2.68. The molecule has 0 aromatic heterocycles. The molecule has 0 saturated carbocycles. The van der Waals surface area contributed by atoms with Gasteiger partial charge in [0.1, 0.15) is 5.75 Å². The van der Waals surface area contributed by atoms with Crippen molar-refractivity contribution in [3.05, 3.63) is 29.8 Å². The molecule has 0 bridgehead atoms. The SMILES string of the molecule is COc1ccccc1C1CCCN1C(C)C. The van der Waals surface area contributed by atoms with Crippen LogP contribution in [0.25, 0.3) is 0 Å². The summed E-state index contributed by atoms with van der Waals surface area (Å²) in [6.07, 6.45) is 2.54. The summed E-state index contributed by atoms with van der Waals surface area (Å²) < 4.78 is 5.46. The van der Waals surface area contributed by atoms with E-state index in [0.29, 0.717) is 12.1 Å². The Morgan fingerprint density at radius 3 is 2.75 bits per heavy atom. The number of benzene rings is 1. The van der Waals surface area contributed by atoms with E-state index >= 15 is 0 Å². The first-order valence-corrected chi connectivity index (χ1v) is 6.12. The Labute approximate surface area is 98.2 Å². The number of nitrogens with zero attached hydrogens (tertiary/aromatic N) is 1. The van der Waals surface area contributed by atoms with Gasteiger partial charge >= 0.3 is 0 Å². The first-order valence-electron chi connectivity index (χ1n) is 6.12. The number of rotatable bonds is 3. The second-order valence-corrected chi connectivity index (χ2v) is 4.73. The van der Waals surface area contributed by atoms with Gasteiger partial charge in [0.2, 0.25) is 0 Å². The molecule has 2 heteroatoms. The van der Waals surface area contributed by atoms with E-state index < -0.39 is 0 Å². The van der Waals surface area contributed by atoms with Crippen LogP contribution < -0.4 is 4.74 Å². The zero-order chi connectivity index (χ0) is 11.5. The Morgan fingerprint density at radius 2 is 2.06 bits per heavy atom. The smallest absolute Gasteiger partial charge is 0.123 e. The average molecular weight is 219 g/mol.